The number of amides is 1. The zero-order valence-corrected chi connectivity index (χ0v) is 11.9. The number of hydrogen-bond donors (Lipinski definition) is 2. The smallest absolute Gasteiger partial charge is 0.277 e. The fourth-order valence-electron chi connectivity index (χ4n) is 1.87. The highest BCUT2D eigenvalue weighted by atomic mass is 16.6. The molecule has 1 heterocycles. The van der Waals surface area contributed by atoms with E-state index >= 15 is 0 Å². The minimum absolute atomic E-state index is 0.0521. The number of methoxy groups -OCH3 is 2. The second kappa shape index (κ2) is 6.12. The molecule has 0 fully saturated rings. The Hall–Kier alpha value is -2.77. The lowest BCUT2D eigenvalue weighted by atomic mass is 10.1. The first-order valence-corrected chi connectivity index (χ1v) is 6.17. The van der Waals surface area contributed by atoms with Crippen molar-refractivity contribution in [2.24, 2.45) is 0 Å². The summed E-state index contributed by atoms with van der Waals surface area (Å²) in [6.07, 6.45) is 0. The van der Waals surface area contributed by atoms with E-state index in [0.29, 0.717) is 11.5 Å². The van der Waals surface area contributed by atoms with Crippen LogP contribution >= 0.6 is 0 Å². The molecule has 0 bridgehead atoms. The number of benzene rings is 1. The molecule has 2 aromatic rings. The highest BCUT2D eigenvalue weighted by Gasteiger charge is 2.20. The largest absolute Gasteiger partial charge is 0.497 e. The number of nitrogen functional groups attached to an aromatic ring is 1. The minimum Gasteiger partial charge on any atom is -0.497 e. The number of carbonyl (C=O) groups is 1. The summed E-state index contributed by atoms with van der Waals surface area (Å²) in [7, 11) is 3.12. The molecule has 0 spiro atoms. The number of ether oxygens (including phenoxy) is 2. The summed E-state index contributed by atoms with van der Waals surface area (Å²) in [5.41, 5.74) is 6.20. The van der Waals surface area contributed by atoms with Gasteiger partial charge in [0.25, 0.3) is 5.91 Å². The highest BCUT2D eigenvalue weighted by molar-refractivity contribution is 5.96. The van der Waals surface area contributed by atoms with Gasteiger partial charge in [0.2, 0.25) is 11.5 Å². The van der Waals surface area contributed by atoms with Gasteiger partial charge in [0.05, 0.1) is 20.3 Å². The summed E-state index contributed by atoms with van der Waals surface area (Å²) in [4.78, 5) is 12.0. The van der Waals surface area contributed by atoms with Crippen LogP contribution in [-0.2, 0) is 0 Å². The molecule has 1 aromatic heterocycles. The van der Waals surface area contributed by atoms with Gasteiger partial charge in [-0.1, -0.05) is 0 Å². The Morgan fingerprint density at radius 2 is 2.10 bits per heavy atom. The van der Waals surface area contributed by atoms with Gasteiger partial charge in [0, 0.05) is 5.56 Å². The fourth-order valence-corrected chi connectivity index (χ4v) is 1.87. The summed E-state index contributed by atoms with van der Waals surface area (Å²) < 4.78 is 14.9. The predicted molar refractivity (Wildman–Crippen MR) is 74.1 cm³/mol. The van der Waals surface area contributed by atoms with Gasteiger partial charge in [0.15, 0.2) is 0 Å². The van der Waals surface area contributed by atoms with E-state index in [1.165, 1.54) is 0 Å². The molecule has 112 valence electrons. The standard InChI is InChI=1S/C13H16N4O4/c1-7(15-13(18)11-12(14)17-21-16-11)9-6-8(19-2)4-5-10(9)20-3/h4-7H,1-3H3,(H2,14,17)(H,15,18). The molecule has 1 amide bonds. The average molecular weight is 292 g/mol. The third kappa shape index (κ3) is 3.04. The van der Waals surface area contributed by atoms with Gasteiger partial charge in [-0.2, -0.15) is 0 Å². The number of aromatic nitrogens is 2. The van der Waals surface area contributed by atoms with Crippen LogP contribution in [0.15, 0.2) is 22.8 Å². The van der Waals surface area contributed by atoms with Crippen molar-refractivity contribution in [3.63, 3.8) is 0 Å². The van der Waals surface area contributed by atoms with Crippen molar-refractivity contribution in [2.75, 3.05) is 20.0 Å². The highest BCUT2D eigenvalue weighted by Crippen LogP contribution is 2.29. The fraction of sp³-hybridized carbons (Fsp3) is 0.308. The Balaban J connectivity index is 2.22. The van der Waals surface area contributed by atoms with Crippen molar-refractivity contribution in [1.29, 1.82) is 0 Å². The Morgan fingerprint density at radius 3 is 2.67 bits per heavy atom. The average Bonchev–Trinajstić information content (AvgIpc) is 2.92. The molecule has 8 nitrogen and oxygen atoms in total. The van der Waals surface area contributed by atoms with Crippen LogP contribution in [0, 0.1) is 0 Å². The van der Waals surface area contributed by atoms with Gasteiger partial charge >= 0.3 is 0 Å². The summed E-state index contributed by atoms with van der Waals surface area (Å²) in [5, 5.41) is 9.57. The van der Waals surface area contributed by atoms with Crippen molar-refractivity contribution >= 4 is 11.7 Å². The zero-order chi connectivity index (χ0) is 15.4. The molecule has 0 aliphatic carbocycles. The number of carbonyl (C=O) groups excluding carboxylic acids is 1. The first kappa shape index (κ1) is 14.6. The van der Waals surface area contributed by atoms with Crippen molar-refractivity contribution in [1.82, 2.24) is 15.6 Å². The summed E-state index contributed by atoms with van der Waals surface area (Å²) in [5.74, 6) is 0.757. The van der Waals surface area contributed by atoms with Gasteiger partial charge in [-0.25, -0.2) is 4.63 Å². The lowest BCUT2D eigenvalue weighted by Crippen LogP contribution is -2.28. The van der Waals surface area contributed by atoms with Crippen LogP contribution in [0.3, 0.4) is 0 Å². The Morgan fingerprint density at radius 1 is 1.33 bits per heavy atom. The molecule has 21 heavy (non-hydrogen) atoms. The second-order valence-corrected chi connectivity index (χ2v) is 4.30. The molecule has 0 saturated heterocycles. The Bertz CT molecular complexity index is 641. The van der Waals surface area contributed by atoms with Crippen molar-refractivity contribution in [2.45, 2.75) is 13.0 Å². The van der Waals surface area contributed by atoms with Crippen LogP contribution in [0.2, 0.25) is 0 Å². The van der Waals surface area contributed by atoms with E-state index in [0.717, 1.165) is 5.56 Å². The van der Waals surface area contributed by atoms with E-state index in [9.17, 15) is 4.79 Å². The van der Waals surface area contributed by atoms with Gasteiger partial charge in [-0.05, 0) is 35.4 Å². The molecule has 2 rings (SSSR count). The number of nitrogens with zero attached hydrogens (tertiary/aromatic N) is 2. The number of nitrogens with one attached hydrogen (secondary N) is 1. The minimum atomic E-state index is -0.480. The van der Waals surface area contributed by atoms with Crippen molar-refractivity contribution in [3.8, 4) is 11.5 Å². The normalized spacial score (nSPS) is 11.8. The maximum absolute atomic E-state index is 12.0. The lowest BCUT2D eigenvalue weighted by Gasteiger charge is -2.17. The molecular formula is C13H16N4O4. The van der Waals surface area contributed by atoms with E-state index < -0.39 is 5.91 Å². The molecule has 0 aliphatic rings. The van der Waals surface area contributed by atoms with Crippen LogP contribution in [0.4, 0.5) is 5.82 Å². The number of rotatable bonds is 5. The molecule has 0 radical (unpaired) electrons. The van der Waals surface area contributed by atoms with Crippen LogP contribution < -0.4 is 20.5 Å². The van der Waals surface area contributed by atoms with Gasteiger partial charge in [-0.3, -0.25) is 4.79 Å². The first-order valence-electron chi connectivity index (χ1n) is 6.17. The molecule has 1 aromatic carbocycles. The van der Waals surface area contributed by atoms with Gasteiger partial charge in [-0.15, -0.1) is 0 Å². The molecule has 0 saturated carbocycles. The van der Waals surface area contributed by atoms with Gasteiger partial charge in [0.1, 0.15) is 11.5 Å². The quantitative estimate of drug-likeness (QED) is 0.850. The molecule has 8 heteroatoms. The third-order valence-corrected chi connectivity index (χ3v) is 2.98. The molecule has 1 atom stereocenters. The van der Waals surface area contributed by atoms with E-state index in [2.05, 4.69) is 20.3 Å². The van der Waals surface area contributed by atoms with Crippen molar-refractivity contribution < 1.29 is 18.9 Å². The Kier molecular flexibility index (Phi) is 4.27. The van der Waals surface area contributed by atoms with E-state index in [1.807, 2.05) is 0 Å². The lowest BCUT2D eigenvalue weighted by molar-refractivity contribution is 0.0930. The second-order valence-electron chi connectivity index (χ2n) is 4.30. The number of nitrogens with two attached hydrogens (primary N) is 1. The molecule has 3 N–H and O–H groups in total. The molecule has 0 aliphatic heterocycles. The van der Waals surface area contributed by atoms with Crippen LogP contribution in [-0.4, -0.2) is 30.4 Å². The molecule has 1 unspecified atom stereocenters. The van der Waals surface area contributed by atoms with Crippen molar-refractivity contribution in [3.05, 3.63) is 29.5 Å². The third-order valence-electron chi connectivity index (χ3n) is 2.98. The number of anilines is 1. The summed E-state index contributed by atoms with van der Waals surface area (Å²) >= 11 is 0. The van der Waals surface area contributed by atoms with E-state index in [-0.39, 0.29) is 17.6 Å². The summed E-state index contributed by atoms with van der Waals surface area (Å²) in [6.45, 7) is 1.80. The maximum Gasteiger partial charge on any atom is 0.277 e. The summed E-state index contributed by atoms with van der Waals surface area (Å²) in [6, 6.07) is 4.98. The van der Waals surface area contributed by atoms with Crippen LogP contribution in [0.1, 0.15) is 29.0 Å². The number of hydrogen-bond acceptors (Lipinski definition) is 7. The zero-order valence-electron chi connectivity index (χ0n) is 11.9. The topological polar surface area (TPSA) is 112 Å². The van der Waals surface area contributed by atoms with Crippen LogP contribution in [0.25, 0.3) is 0 Å². The SMILES string of the molecule is COc1ccc(OC)c(C(C)NC(=O)c2nonc2N)c1. The van der Waals surface area contributed by atoms with E-state index in [1.54, 1.807) is 39.3 Å². The first-order chi connectivity index (χ1) is 10.1. The van der Waals surface area contributed by atoms with E-state index in [4.69, 9.17) is 15.2 Å². The van der Waals surface area contributed by atoms with Gasteiger partial charge < -0.3 is 20.5 Å². The predicted octanol–water partition coefficient (Wildman–Crippen LogP) is 1.16. The molecular weight excluding hydrogens is 276 g/mol. The van der Waals surface area contributed by atoms with Crippen LogP contribution in [0.5, 0.6) is 11.5 Å². The maximum atomic E-state index is 12.0. The monoisotopic (exact) mass is 292 g/mol. The Labute approximate surface area is 121 Å².